The second-order valence-corrected chi connectivity index (χ2v) is 9.72. The second-order valence-electron chi connectivity index (χ2n) is 9.72. The average molecular weight is 484 g/mol. The van der Waals surface area contributed by atoms with Crippen LogP contribution in [0.3, 0.4) is 0 Å². The van der Waals surface area contributed by atoms with E-state index in [1.165, 1.54) is 0 Å². The summed E-state index contributed by atoms with van der Waals surface area (Å²) in [6, 6.07) is 14.3. The number of carbonyl (C=O) groups excluding carboxylic acids is 3. The number of aliphatic hydroxyl groups is 1. The molecule has 3 fully saturated rings. The molecule has 1 aliphatic heterocycles. The van der Waals surface area contributed by atoms with Gasteiger partial charge in [0.25, 0.3) is 11.8 Å². The van der Waals surface area contributed by atoms with E-state index in [4.69, 9.17) is 0 Å². The molecule has 1 heterocycles. The third-order valence-electron chi connectivity index (χ3n) is 7.03. The fraction of sp³-hybridized carbons (Fsp3) is 0.423. The van der Waals surface area contributed by atoms with Gasteiger partial charge in [0.1, 0.15) is 5.60 Å². The Hall–Kier alpha value is -3.33. The normalized spacial score (nSPS) is 20.7. The minimum atomic E-state index is -2.74. The number of hydrogen-bond donors (Lipinski definition) is 2. The zero-order valence-electron chi connectivity index (χ0n) is 19.2. The Balaban J connectivity index is 1.18. The van der Waals surface area contributed by atoms with E-state index in [9.17, 15) is 28.3 Å². The molecule has 2 aliphatic carbocycles. The molecule has 2 aromatic rings. The average Bonchev–Trinajstić information content (AvgIpc) is 3.60. The fourth-order valence-corrected chi connectivity index (χ4v) is 4.59. The molecular weight excluding hydrogens is 456 g/mol. The summed E-state index contributed by atoms with van der Waals surface area (Å²) in [5.74, 6) is -4.17. The lowest BCUT2D eigenvalue weighted by atomic mass is 9.81. The SMILES string of the molecule is O=C(Nc1cccc(-c2ccc(C(=O)N3CCN(C(=O)C4(O)CC4)CC3)cc2)c1)C1CC(F)(F)C1. The van der Waals surface area contributed by atoms with Crippen LogP contribution in [0.25, 0.3) is 11.1 Å². The maximum atomic E-state index is 13.0. The molecule has 2 aromatic carbocycles. The maximum absolute atomic E-state index is 13.0. The third kappa shape index (κ3) is 4.91. The summed E-state index contributed by atoms with van der Waals surface area (Å²) in [7, 11) is 0. The van der Waals surface area contributed by atoms with Gasteiger partial charge in [0.2, 0.25) is 11.8 Å². The molecule has 0 aromatic heterocycles. The Bertz CT molecular complexity index is 1150. The van der Waals surface area contributed by atoms with Crippen LogP contribution in [-0.4, -0.2) is 70.3 Å². The van der Waals surface area contributed by atoms with Crippen molar-refractivity contribution >= 4 is 23.4 Å². The van der Waals surface area contributed by atoms with E-state index in [1.807, 2.05) is 18.2 Å². The van der Waals surface area contributed by atoms with Crippen LogP contribution < -0.4 is 5.32 Å². The summed E-state index contributed by atoms with van der Waals surface area (Å²) >= 11 is 0. The Morgan fingerprint density at radius 1 is 0.886 bits per heavy atom. The fourth-order valence-electron chi connectivity index (χ4n) is 4.59. The van der Waals surface area contributed by atoms with Gasteiger partial charge in [-0.2, -0.15) is 0 Å². The minimum Gasteiger partial charge on any atom is -0.380 e. The molecule has 0 spiro atoms. The lowest BCUT2D eigenvalue weighted by Gasteiger charge is -2.35. The number of anilines is 1. The van der Waals surface area contributed by atoms with Gasteiger partial charge in [-0.25, -0.2) is 8.78 Å². The van der Waals surface area contributed by atoms with Gasteiger partial charge in [-0.3, -0.25) is 14.4 Å². The molecule has 5 rings (SSSR count). The standard InChI is InChI=1S/C26H27F2N3O4/c27-26(28)15-20(16-26)22(32)29-21-3-1-2-19(14-21)17-4-6-18(7-5-17)23(33)30-10-12-31(13-11-30)24(34)25(35)8-9-25/h1-7,14,20,35H,8-13,15-16H2,(H,29,32). The Labute approximate surface area is 201 Å². The summed E-state index contributed by atoms with van der Waals surface area (Å²) < 4.78 is 26.1. The molecule has 7 nitrogen and oxygen atoms in total. The van der Waals surface area contributed by atoms with E-state index < -0.39 is 36.2 Å². The number of rotatable bonds is 5. The Kier molecular flexibility index (Phi) is 5.83. The number of hydrogen-bond acceptors (Lipinski definition) is 4. The molecule has 3 amide bonds. The second kappa shape index (κ2) is 8.71. The van der Waals surface area contributed by atoms with Gasteiger partial charge in [0.15, 0.2) is 0 Å². The van der Waals surface area contributed by atoms with Crippen LogP contribution in [0.4, 0.5) is 14.5 Å². The molecule has 184 valence electrons. The minimum absolute atomic E-state index is 0.118. The first-order valence-corrected chi connectivity index (χ1v) is 11.8. The van der Waals surface area contributed by atoms with Crippen molar-refractivity contribution in [3.8, 4) is 11.1 Å². The lowest BCUT2D eigenvalue weighted by molar-refractivity contribution is -0.145. The number of benzene rings is 2. The van der Waals surface area contributed by atoms with Gasteiger partial charge < -0.3 is 20.2 Å². The molecule has 9 heteroatoms. The molecule has 0 radical (unpaired) electrons. The lowest BCUT2D eigenvalue weighted by Crippen LogP contribution is -2.53. The van der Waals surface area contributed by atoms with Crippen LogP contribution in [0, 0.1) is 5.92 Å². The van der Waals surface area contributed by atoms with E-state index in [1.54, 1.807) is 40.1 Å². The van der Waals surface area contributed by atoms with Crippen molar-refractivity contribution in [2.24, 2.45) is 5.92 Å². The first kappa shape index (κ1) is 23.4. The Morgan fingerprint density at radius 3 is 2.11 bits per heavy atom. The molecule has 2 saturated carbocycles. The quantitative estimate of drug-likeness (QED) is 0.684. The molecule has 3 aliphatic rings. The molecular formula is C26H27F2N3O4. The van der Waals surface area contributed by atoms with E-state index in [-0.39, 0.29) is 11.8 Å². The predicted molar refractivity (Wildman–Crippen MR) is 125 cm³/mol. The highest BCUT2D eigenvalue weighted by atomic mass is 19.3. The smallest absolute Gasteiger partial charge is 0.254 e. The Morgan fingerprint density at radius 2 is 1.51 bits per heavy atom. The van der Waals surface area contributed by atoms with Gasteiger partial charge in [0.05, 0.1) is 0 Å². The number of carbonyl (C=O) groups is 3. The zero-order chi connectivity index (χ0) is 24.8. The van der Waals surface area contributed by atoms with Crippen LogP contribution in [-0.2, 0) is 9.59 Å². The van der Waals surface area contributed by atoms with Crippen molar-refractivity contribution in [3.05, 3.63) is 54.1 Å². The number of piperazine rings is 1. The maximum Gasteiger partial charge on any atom is 0.254 e. The molecule has 0 unspecified atom stereocenters. The first-order chi connectivity index (χ1) is 16.6. The summed E-state index contributed by atoms with van der Waals surface area (Å²) in [6.45, 7) is 1.64. The van der Waals surface area contributed by atoms with Crippen molar-refractivity contribution in [3.63, 3.8) is 0 Å². The van der Waals surface area contributed by atoms with Crippen molar-refractivity contribution in [1.82, 2.24) is 9.80 Å². The molecule has 0 atom stereocenters. The van der Waals surface area contributed by atoms with Crippen molar-refractivity contribution < 1.29 is 28.3 Å². The van der Waals surface area contributed by atoms with E-state index in [0.29, 0.717) is 50.3 Å². The van der Waals surface area contributed by atoms with Crippen LogP contribution in [0.2, 0.25) is 0 Å². The number of alkyl halides is 2. The monoisotopic (exact) mass is 483 g/mol. The van der Waals surface area contributed by atoms with Gasteiger partial charge in [-0.1, -0.05) is 24.3 Å². The van der Waals surface area contributed by atoms with E-state index in [0.717, 1.165) is 11.1 Å². The van der Waals surface area contributed by atoms with Crippen LogP contribution >= 0.6 is 0 Å². The van der Waals surface area contributed by atoms with Gasteiger partial charge >= 0.3 is 0 Å². The molecule has 1 saturated heterocycles. The highest BCUT2D eigenvalue weighted by molar-refractivity contribution is 5.96. The highest BCUT2D eigenvalue weighted by Crippen LogP contribution is 2.43. The number of nitrogens with one attached hydrogen (secondary N) is 1. The van der Waals surface area contributed by atoms with Crippen LogP contribution in [0.5, 0.6) is 0 Å². The summed E-state index contributed by atoms with van der Waals surface area (Å²) in [6.07, 6.45) is 0.182. The zero-order valence-corrected chi connectivity index (χ0v) is 19.2. The van der Waals surface area contributed by atoms with Crippen molar-refractivity contribution in [2.45, 2.75) is 37.2 Å². The number of amides is 3. The van der Waals surface area contributed by atoms with Crippen LogP contribution in [0.15, 0.2) is 48.5 Å². The van der Waals surface area contributed by atoms with Gasteiger partial charge in [-0.05, 0) is 48.2 Å². The summed E-state index contributed by atoms with van der Waals surface area (Å²) in [5.41, 5.74) is 1.55. The molecule has 2 N–H and O–H groups in total. The highest BCUT2D eigenvalue weighted by Gasteiger charge is 2.50. The van der Waals surface area contributed by atoms with Crippen LogP contribution in [0.1, 0.15) is 36.0 Å². The largest absolute Gasteiger partial charge is 0.380 e. The van der Waals surface area contributed by atoms with Crippen molar-refractivity contribution in [1.29, 1.82) is 0 Å². The summed E-state index contributed by atoms with van der Waals surface area (Å²) in [5, 5.41) is 12.7. The molecule has 35 heavy (non-hydrogen) atoms. The van der Waals surface area contributed by atoms with E-state index >= 15 is 0 Å². The van der Waals surface area contributed by atoms with Crippen molar-refractivity contribution in [2.75, 3.05) is 31.5 Å². The first-order valence-electron chi connectivity index (χ1n) is 11.8. The number of halogens is 2. The van der Waals surface area contributed by atoms with Gasteiger partial charge in [0, 0.05) is 56.2 Å². The van der Waals surface area contributed by atoms with Gasteiger partial charge in [-0.15, -0.1) is 0 Å². The predicted octanol–water partition coefficient (Wildman–Crippen LogP) is 3.15. The number of nitrogens with zero attached hydrogens (tertiary/aromatic N) is 2. The summed E-state index contributed by atoms with van der Waals surface area (Å²) in [4.78, 5) is 40.7. The third-order valence-corrected chi connectivity index (χ3v) is 7.03. The topological polar surface area (TPSA) is 90.0 Å². The molecule has 0 bridgehead atoms. The van der Waals surface area contributed by atoms with E-state index in [2.05, 4.69) is 5.32 Å².